The number of rotatable bonds is 3. The van der Waals surface area contributed by atoms with E-state index in [4.69, 9.17) is 23.4 Å². The van der Waals surface area contributed by atoms with E-state index < -0.39 is 10.2 Å². The van der Waals surface area contributed by atoms with Crippen LogP contribution in [0, 0.1) is 10.2 Å². The molecule has 1 heterocycles. The molecule has 0 fully saturated rings. The zero-order valence-electron chi connectivity index (χ0n) is 12.4. The Morgan fingerprint density at radius 1 is 0.917 bits per heavy atom. The standard InChI is InChI=1S/C16H13NO2.ClHO4/c18-16-14(11-12-7-3-1-4-8-12)17-15(19-16)13-9-5-2-6-10-13;2-1(3,4)5/h1-10,14H,11H2;(H,2,3,4,5)/t14-;/m0./s1. The van der Waals surface area contributed by atoms with Crippen molar-refractivity contribution in [2.45, 2.75) is 12.5 Å². The van der Waals surface area contributed by atoms with Crippen molar-refractivity contribution < 1.29 is 43.4 Å². The van der Waals surface area contributed by atoms with E-state index in [0.717, 1.165) is 11.1 Å². The minimum atomic E-state index is -4.94. The van der Waals surface area contributed by atoms with Crippen LogP contribution in [-0.2, 0) is 16.0 Å². The van der Waals surface area contributed by atoms with Gasteiger partial charge in [-0.2, -0.15) is 4.99 Å². The van der Waals surface area contributed by atoms with Gasteiger partial charge < -0.3 is 4.74 Å². The second kappa shape index (κ2) is 8.00. The molecule has 0 saturated carbocycles. The molecule has 2 aromatic carbocycles. The molecule has 1 N–H and O–H groups in total. The average Bonchev–Trinajstić information content (AvgIpc) is 2.89. The van der Waals surface area contributed by atoms with Gasteiger partial charge in [0.1, 0.15) is 0 Å². The summed E-state index contributed by atoms with van der Waals surface area (Å²) in [5.74, 6) is 0.328. The van der Waals surface area contributed by atoms with Crippen molar-refractivity contribution in [2.75, 3.05) is 0 Å². The lowest BCUT2D eigenvalue weighted by Crippen LogP contribution is -2.78. The number of halogens is 1. The van der Waals surface area contributed by atoms with Crippen LogP contribution in [-0.4, -0.2) is 17.9 Å². The van der Waals surface area contributed by atoms with E-state index in [1.807, 2.05) is 60.7 Å². The predicted octanol–water partition coefficient (Wildman–Crippen LogP) is -4.07. The first-order valence-corrected chi connectivity index (χ1v) is 8.12. The van der Waals surface area contributed by atoms with Crippen LogP contribution in [0.2, 0.25) is 0 Å². The van der Waals surface area contributed by atoms with Crippen LogP contribution in [0.1, 0.15) is 11.1 Å². The Hall–Kier alpha value is -2.29. The molecule has 24 heavy (non-hydrogen) atoms. The summed E-state index contributed by atoms with van der Waals surface area (Å²) in [6.45, 7) is 0. The van der Waals surface area contributed by atoms with Gasteiger partial charge in [-0.15, -0.1) is 10.2 Å². The number of ether oxygens (including phenoxy) is 1. The van der Waals surface area contributed by atoms with Crippen LogP contribution in [0.4, 0.5) is 0 Å². The lowest BCUT2D eigenvalue weighted by Gasteiger charge is -2.17. The molecule has 7 nitrogen and oxygen atoms in total. The van der Waals surface area contributed by atoms with Crippen molar-refractivity contribution >= 4 is 11.9 Å². The first-order valence-electron chi connectivity index (χ1n) is 6.89. The molecule has 1 aliphatic rings. The van der Waals surface area contributed by atoms with Crippen molar-refractivity contribution in [3.8, 4) is 0 Å². The second-order valence-electron chi connectivity index (χ2n) is 4.88. The fourth-order valence-electron chi connectivity index (χ4n) is 2.13. The summed E-state index contributed by atoms with van der Waals surface area (Å²) < 4.78 is 39.3. The van der Waals surface area contributed by atoms with E-state index in [1.54, 1.807) is 0 Å². The predicted molar refractivity (Wildman–Crippen MR) is 71.5 cm³/mol. The molecule has 0 amide bonds. The molecular weight excluding hydrogens is 338 g/mol. The smallest absolute Gasteiger partial charge is 0.366 e. The SMILES string of the molecule is O=C1OC(c2ccccc2)=[NH+][C@H]1Cc1ccccc1.[O-][Cl+3]([O-])([O-])[O-]. The quantitative estimate of drug-likeness (QED) is 0.559. The number of cyclic esters (lactones) is 1. The van der Waals surface area contributed by atoms with Gasteiger partial charge >= 0.3 is 11.9 Å². The zero-order chi connectivity index (χ0) is 17.6. The van der Waals surface area contributed by atoms with Crippen molar-refractivity contribution in [1.29, 1.82) is 0 Å². The van der Waals surface area contributed by atoms with Crippen LogP contribution in [0.5, 0.6) is 0 Å². The molecule has 0 saturated heterocycles. The van der Waals surface area contributed by atoms with Gasteiger partial charge in [-0.05, 0) is 17.7 Å². The molecule has 126 valence electrons. The number of carbonyl (C=O) groups is 1. The Morgan fingerprint density at radius 3 is 1.96 bits per heavy atom. The largest absolute Gasteiger partial charge is 0.385 e. The Morgan fingerprint density at radius 2 is 1.42 bits per heavy atom. The van der Waals surface area contributed by atoms with Crippen molar-refractivity contribution in [3.05, 3.63) is 71.8 Å². The third kappa shape index (κ3) is 6.07. The number of hydrogen-bond donors (Lipinski definition) is 1. The van der Waals surface area contributed by atoms with E-state index in [1.165, 1.54) is 0 Å². The summed E-state index contributed by atoms with van der Waals surface area (Å²) in [6.07, 6.45) is 0.635. The Kier molecular flexibility index (Phi) is 6.02. The molecule has 0 aliphatic carbocycles. The first-order chi connectivity index (χ1) is 11.3. The van der Waals surface area contributed by atoms with Crippen molar-refractivity contribution in [3.63, 3.8) is 0 Å². The highest BCUT2D eigenvalue weighted by molar-refractivity contribution is 6.00. The fourth-order valence-corrected chi connectivity index (χ4v) is 2.13. The molecule has 1 aliphatic heterocycles. The molecule has 0 spiro atoms. The highest BCUT2D eigenvalue weighted by Crippen LogP contribution is 2.07. The van der Waals surface area contributed by atoms with Crippen LogP contribution in [0.15, 0.2) is 60.7 Å². The molecule has 0 bridgehead atoms. The van der Waals surface area contributed by atoms with Gasteiger partial charge in [0.2, 0.25) is 0 Å². The van der Waals surface area contributed by atoms with Crippen LogP contribution in [0.25, 0.3) is 0 Å². The zero-order valence-corrected chi connectivity index (χ0v) is 13.1. The second-order valence-corrected chi connectivity index (χ2v) is 5.64. The third-order valence-corrected chi connectivity index (χ3v) is 3.11. The maximum absolute atomic E-state index is 11.9. The lowest BCUT2D eigenvalue weighted by atomic mass is 10.1. The molecular formula is C16H14ClNO6. The van der Waals surface area contributed by atoms with Crippen molar-refractivity contribution in [1.82, 2.24) is 0 Å². The number of benzene rings is 2. The number of carbonyl (C=O) groups excluding carboxylic acids is 1. The highest BCUT2D eigenvalue weighted by Gasteiger charge is 2.36. The maximum atomic E-state index is 11.9. The first kappa shape index (κ1) is 18.1. The Bertz CT molecular complexity index is 694. The summed E-state index contributed by atoms with van der Waals surface area (Å²) in [5, 5.41) is 0. The minimum absolute atomic E-state index is 0.220. The monoisotopic (exact) mass is 351 g/mol. The maximum Gasteiger partial charge on any atom is 0.385 e. The van der Waals surface area contributed by atoms with Crippen LogP contribution >= 0.6 is 0 Å². The van der Waals surface area contributed by atoms with E-state index in [0.29, 0.717) is 12.3 Å². The number of nitrogens with one attached hydrogen (secondary N) is 1. The van der Waals surface area contributed by atoms with Crippen LogP contribution in [0.3, 0.4) is 0 Å². The van der Waals surface area contributed by atoms with Gasteiger partial charge in [0.15, 0.2) is 0 Å². The van der Waals surface area contributed by atoms with E-state index in [-0.39, 0.29) is 12.0 Å². The van der Waals surface area contributed by atoms with Gasteiger partial charge in [0.25, 0.3) is 6.04 Å². The van der Waals surface area contributed by atoms with E-state index >= 15 is 0 Å². The molecule has 1 atom stereocenters. The average molecular weight is 352 g/mol. The molecule has 2 aromatic rings. The Labute approximate surface area is 140 Å². The molecule has 8 heteroatoms. The summed E-state index contributed by atoms with van der Waals surface area (Å²) in [7, 11) is -4.94. The molecule has 0 unspecified atom stereocenters. The summed E-state index contributed by atoms with van der Waals surface area (Å²) in [4.78, 5) is 15.0. The van der Waals surface area contributed by atoms with E-state index in [2.05, 4.69) is 4.99 Å². The number of esters is 1. The van der Waals surface area contributed by atoms with Gasteiger partial charge in [0, 0.05) is 6.42 Å². The highest BCUT2D eigenvalue weighted by atomic mass is 35.7. The van der Waals surface area contributed by atoms with Gasteiger partial charge in [-0.1, -0.05) is 48.5 Å². The van der Waals surface area contributed by atoms with Crippen LogP contribution < -0.4 is 23.6 Å². The van der Waals surface area contributed by atoms with Gasteiger partial charge in [-0.25, -0.2) is 23.4 Å². The van der Waals surface area contributed by atoms with Gasteiger partial charge in [0.05, 0.1) is 5.56 Å². The third-order valence-electron chi connectivity index (χ3n) is 3.11. The summed E-state index contributed by atoms with van der Waals surface area (Å²) >= 11 is 0. The fraction of sp³-hybridized carbons (Fsp3) is 0.125. The summed E-state index contributed by atoms with van der Waals surface area (Å²) in [6, 6.07) is 19.2. The van der Waals surface area contributed by atoms with E-state index in [9.17, 15) is 4.79 Å². The van der Waals surface area contributed by atoms with Gasteiger partial charge in [-0.3, -0.25) is 0 Å². The van der Waals surface area contributed by atoms with Crippen molar-refractivity contribution in [2.24, 2.45) is 0 Å². The molecule has 3 rings (SSSR count). The lowest BCUT2D eigenvalue weighted by molar-refractivity contribution is -2.00. The Balaban J connectivity index is 0.000000368. The molecule has 0 radical (unpaired) electrons. The number of hydrogen-bond acceptors (Lipinski definition) is 6. The molecule has 0 aromatic heterocycles. The summed E-state index contributed by atoms with van der Waals surface area (Å²) in [5.41, 5.74) is 2.01. The minimum Gasteiger partial charge on any atom is -0.366 e. The normalized spacial score (nSPS) is 16.8. The topological polar surface area (TPSA) is 133 Å².